The first-order valence-corrected chi connectivity index (χ1v) is 8.65. The number of ether oxygens (including phenoxy) is 2. The standard InChI is InChI=1S/C18H23F3N2O4/c1-12(18(25)26-2)11-23(6-5-22-7-9-27-10-8-22)17(24)13-3-4-14(19)16(21)15(13)20/h3-4,12H,5-11H2,1-2H3. The maximum absolute atomic E-state index is 14.0. The number of carbonyl (C=O) groups is 2. The molecule has 0 aliphatic carbocycles. The zero-order valence-corrected chi connectivity index (χ0v) is 15.3. The first-order chi connectivity index (χ1) is 12.8. The van der Waals surface area contributed by atoms with E-state index in [9.17, 15) is 22.8 Å². The van der Waals surface area contributed by atoms with Crippen molar-refractivity contribution in [3.05, 3.63) is 35.1 Å². The number of methoxy groups -OCH3 is 1. The Labute approximate surface area is 155 Å². The first-order valence-electron chi connectivity index (χ1n) is 8.65. The van der Waals surface area contributed by atoms with E-state index in [1.54, 1.807) is 6.92 Å². The topological polar surface area (TPSA) is 59.1 Å². The van der Waals surface area contributed by atoms with Gasteiger partial charge in [-0.25, -0.2) is 13.2 Å². The molecule has 1 saturated heterocycles. The molecular formula is C18H23F3N2O4. The molecule has 1 amide bonds. The third-order valence-electron chi connectivity index (χ3n) is 4.44. The van der Waals surface area contributed by atoms with Crippen molar-refractivity contribution in [2.45, 2.75) is 6.92 Å². The van der Waals surface area contributed by atoms with Crippen LogP contribution in [0.15, 0.2) is 12.1 Å². The van der Waals surface area contributed by atoms with E-state index < -0.39 is 40.8 Å². The highest BCUT2D eigenvalue weighted by Gasteiger charge is 2.27. The smallest absolute Gasteiger partial charge is 0.310 e. The van der Waals surface area contributed by atoms with Crippen molar-refractivity contribution >= 4 is 11.9 Å². The second-order valence-electron chi connectivity index (χ2n) is 6.35. The lowest BCUT2D eigenvalue weighted by molar-refractivity contribution is -0.145. The largest absolute Gasteiger partial charge is 0.469 e. The Morgan fingerprint density at radius 3 is 2.52 bits per heavy atom. The number of morpholine rings is 1. The molecule has 6 nitrogen and oxygen atoms in total. The molecule has 9 heteroatoms. The van der Waals surface area contributed by atoms with Gasteiger partial charge in [-0.05, 0) is 12.1 Å². The third kappa shape index (κ3) is 5.43. The van der Waals surface area contributed by atoms with Crippen LogP contribution in [0.25, 0.3) is 0 Å². The Morgan fingerprint density at radius 1 is 1.22 bits per heavy atom. The molecule has 0 aromatic heterocycles. The minimum Gasteiger partial charge on any atom is -0.469 e. The lowest BCUT2D eigenvalue weighted by Crippen LogP contribution is -2.45. The number of nitrogens with zero attached hydrogens (tertiary/aromatic N) is 2. The van der Waals surface area contributed by atoms with E-state index in [4.69, 9.17) is 4.74 Å². The van der Waals surface area contributed by atoms with Crippen LogP contribution in [0.5, 0.6) is 0 Å². The summed E-state index contributed by atoms with van der Waals surface area (Å²) in [5, 5.41) is 0. The summed E-state index contributed by atoms with van der Waals surface area (Å²) in [5.41, 5.74) is -0.576. The summed E-state index contributed by atoms with van der Waals surface area (Å²) in [6, 6.07) is 1.61. The maximum atomic E-state index is 14.0. The molecule has 1 aromatic carbocycles. The molecular weight excluding hydrogens is 365 g/mol. The molecule has 1 heterocycles. The average molecular weight is 388 g/mol. The van der Waals surface area contributed by atoms with E-state index in [1.165, 1.54) is 12.0 Å². The van der Waals surface area contributed by atoms with Crippen LogP contribution in [-0.4, -0.2) is 74.7 Å². The normalized spacial score (nSPS) is 16.0. The van der Waals surface area contributed by atoms with Gasteiger partial charge < -0.3 is 14.4 Å². The lowest BCUT2D eigenvalue weighted by Gasteiger charge is -2.31. The second kappa shape index (κ2) is 9.70. The zero-order valence-electron chi connectivity index (χ0n) is 15.3. The number of esters is 1. The molecule has 0 N–H and O–H groups in total. The van der Waals surface area contributed by atoms with Crippen molar-refractivity contribution in [3.63, 3.8) is 0 Å². The lowest BCUT2D eigenvalue weighted by atomic mass is 10.1. The molecule has 1 aliphatic rings. The Kier molecular flexibility index (Phi) is 7.61. The van der Waals surface area contributed by atoms with E-state index in [1.807, 2.05) is 0 Å². The molecule has 27 heavy (non-hydrogen) atoms. The van der Waals surface area contributed by atoms with Crippen LogP contribution in [0.2, 0.25) is 0 Å². The van der Waals surface area contributed by atoms with E-state index in [2.05, 4.69) is 9.64 Å². The Balaban J connectivity index is 2.17. The van der Waals surface area contributed by atoms with Crippen LogP contribution in [0.4, 0.5) is 13.2 Å². The number of carbonyl (C=O) groups excluding carboxylic acids is 2. The Hall–Kier alpha value is -2.13. The molecule has 0 radical (unpaired) electrons. The minimum absolute atomic E-state index is 0.0335. The number of benzene rings is 1. The van der Waals surface area contributed by atoms with E-state index >= 15 is 0 Å². The van der Waals surface area contributed by atoms with Crippen molar-refractivity contribution in [1.29, 1.82) is 0 Å². The van der Waals surface area contributed by atoms with E-state index in [-0.39, 0.29) is 13.1 Å². The number of hydrogen-bond donors (Lipinski definition) is 0. The van der Waals surface area contributed by atoms with Crippen LogP contribution in [-0.2, 0) is 14.3 Å². The molecule has 1 unspecified atom stereocenters. The van der Waals surface area contributed by atoms with Gasteiger partial charge in [-0.1, -0.05) is 6.92 Å². The van der Waals surface area contributed by atoms with E-state index in [0.29, 0.717) is 38.9 Å². The van der Waals surface area contributed by atoms with Crippen molar-refractivity contribution in [2.75, 3.05) is 53.0 Å². The number of halogens is 3. The van der Waals surface area contributed by atoms with Gasteiger partial charge in [0.1, 0.15) is 0 Å². The fraction of sp³-hybridized carbons (Fsp3) is 0.556. The van der Waals surface area contributed by atoms with Gasteiger partial charge in [0.05, 0.1) is 31.8 Å². The minimum atomic E-state index is -1.70. The molecule has 0 spiro atoms. The van der Waals surface area contributed by atoms with Gasteiger partial charge in [0, 0.05) is 32.7 Å². The van der Waals surface area contributed by atoms with Crippen LogP contribution in [0, 0.1) is 23.4 Å². The van der Waals surface area contributed by atoms with Gasteiger partial charge in [-0.2, -0.15) is 0 Å². The van der Waals surface area contributed by atoms with Crippen LogP contribution < -0.4 is 0 Å². The van der Waals surface area contributed by atoms with Gasteiger partial charge in [-0.15, -0.1) is 0 Å². The molecule has 1 aliphatic heterocycles. The summed E-state index contributed by atoms with van der Waals surface area (Å²) in [5.74, 6) is -6.60. The summed E-state index contributed by atoms with van der Waals surface area (Å²) in [6.07, 6.45) is 0. The summed E-state index contributed by atoms with van der Waals surface area (Å²) < 4.78 is 50.7. The van der Waals surface area contributed by atoms with Crippen molar-refractivity contribution < 1.29 is 32.2 Å². The van der Waals surface area contributed by atoms with Gasteiger partial charge in [-0.3, -0.25) is 14.5 Å². The number of amides is 1. The van der Waals surface area contributed by atoms with Crippen LogP contribution in [0.1, 0.15) is 17.3 Å². The van der Waals surface area contributed by atoms with Crippen molar-refractivity contribution in [2.24, 2.45) is 5.92 Å². The SMILES string of the molecule is COC(=O)C(C)CN(CCN1CCOCC1)C(=O)c1ccc(F)c(F)c1F. The second-order valence-corrected chi connectivity index (χ2v) is 6.35. The van der Waals surface area contributed by atoms with E-state index in [0.717, 1.165) is 6.07 Å². The zero-order chi connectivity index (χ0) is 20.0. The summed E-state index contributed by atoms with van der Waals surface area (Å²) >= 11 is 0. The quantitative estimate of drug-likeness (QED) is 0.526. The maximum Gasteiger partial charge on any atom is 0.310 e. The predicted octanol–water partition coefficient (Wildman–Crippen LogP) is 1.69. The third-order valence-corrected chi connectivity index (χ3v) is 4.44. The molecule has 2 rings (SSSR count). The summed E-state index contributed by atoms with van der Waals surface area (Å²) in [7, 11) is 1.23. The highest BCUT2D eigenvalue weighted by Crippen LogP contribution is 2.18. The van der Waals surface area contributed by atoms with Crippen molar-refractivity contribution in [1.82, 2.24) is 9.80 Å². The molecule has 150 valence electrons. The van der Waals surface area contributed by atoms with Crippen LogP contribution >= 0.6 is 0 Å². The Bertz CT molecular complexity index is 681. The Morgan fingerprint density at radius 2 is 1.89 bits per heavy atom. The summed E-state index contributed by atoms with van der Waals surface area (Å²) in [4.78, 5) is 27.8. The number of rotatable bonds is 7. The highest BCUT2D eigenvalue weighted by atomic mass is 19.2. The average Bonchev–Trinajstić information content (AvgIpc) is 2.68. The summed E-state index contributed by atoms with van der Waals surface area (Å²) in [6.45, 7) is 4.74. The van der Waals surface area contributed by atoms with Gasteiger partial charge in [0.15, 0.2) is 17.5 Å². The highest BCUT2D eigenvalue weighted by molar-refractivity contribution is 5.94. The molecule has 0 bridgehead atoms. The molecule has 1 fully saturated rings. The van der Waals surface area contributed by atoms with Gasteiger partial charge >= 0.3 is 5.97 Å². The molecule has 1 aromatic rings. The van der Waals surface area contributed by atoms with Crippen LogP contribution in [0.3, 0.4) is 0 Å². The first kappa shape index (κ1) is 21.2. The number of hydrogen-bond acceptors (Lipinski definition) is 5. The fourth-order valence-electron chi connectivity index (χ4n) is 2.83. The molecule has 0 saturated carbocycles. The van der Waals surface area contributed by atoms with Gasteiger partial charge in [0.25, 0.3) is 5.91 Å². The monoisotopic (exact) mass is 388 g/mol. The molecule has 1 atom stereocenters. The fourth-order valence-corrected chi connectivity index (χ4v) is 2.83. The van der Waals surface area contributed by atoms with Gasteiger partial charge in [0.2, 0.25) is 0 Å². The predicted molar refractivity (Wildman–Crippen MR) is 90.7 cm³/mol. The van der Waals surface area contributed by atoms with Crippen molar-refractivity contribution in [3.8, 4) is 0 Å².